The lowest BCUT2D eigenvalue weighted by Gasteiger charge is -2.28. The van der Waals surface area contributed by atoms with Crippen molar-refractivity contribution in [3.05, 3.63) is 28.8 Å². The van der Waals surface area contributed by atoms with Crippen molar-refractivity contribution in [3.8, 4) is 0 Å². The van der Waals surface area contributed by atoms with Crippen molar-refractivity contribution in [1.82, 2.24) is 0 Å². The predicted octanol–water partition coefficient (Wildman–Crippen LogP) is 4.05. The minimum absolute atomic E-state index is 0.275. The van der Waals surface area contributed by atoms with E-state index in [1.807, 2.05) is 0 Å². The minimum atomic E-state index is -1.67. The molecule has 0 bridgehead atoms. The second-order valence-corrected chi connectivity index (χ2v) is 12.4. The summed E-state index contributed by atoms with van der Waals surface area (Å²) in [6.45, 7) is 15.3. The molecule has 0 fully saturated rings. The van der Waals surface area contributed by atoms with Gasteiger partial charge in [-0.25, -0.2) is 0 Å². The second kappa shape index (κ2) is 9.90. The van der Waals surface area contributed by atoms with Gasteiger partial charge < -0.3 is 9.47 Å². The first kappa shape index (κ1) is 22.4. The Labute approximate surface area is 159 Å². The third kappa shape index (κ3) is 5.97. The summed E-state index contributed by atoms with van der Waals surface area (Å²) in [5.41, 5.74) is 4.00. The van der Waals surface area contributed by atoms with Gasteiger partial charge in [-0.2, -0.15) is 0 Å². The van der Waals surface area contributed by atoms with Crippen LogP contribution in [-0.2, 0) is 19.1 Å². The maximum absolute atomic E-state index is 12.1. The summed E-state index contributed by atoms with van der Waals surface area (Å²) in [5, 5.41) is 1.49. The molecule has 0 saturated heterocycles. The van der Waals surface area contributed by atoms with E-state index in [0.717, 1.165) is 12.5 Å². The molecule has 0 atom stereocenters. The third-order valence-corrected chi connectivity index (χ3v) is 8.54. The van der Waals surface area contributed by atoms with Crippen LogP contribution in [0.1, 0.15) is 43.4 Å². The van der Waals surface area contributed by atoms with Gasteiger partial charge in [0, 0.05) is 0 Å². The molecule has 1 aromatic rings. The molecule has 0 aliphatic carbocycles. The van der Waals surface area contributed by atoms with Crippen molar-refractivity contribution >= 4 is 25.2 Å². The maximum Gasteiger partial charge on any atom is 0.320 e. The van der Waals surface area contributed by atoms with Gasteiger partial charge in [-0.1, -0.05) is 59.6 Å². The Hall–Kier alpha value is -1.62. The van der Waals surface area contributed by atoms with Gasteiger partial charge in [-0.05, 0) is 41.0 Å². The number of hydrogen-bond acceptors (Lipinski definition) is 4. The lowest BCUT2D eigenvalue weighted by Crippen LogP contribution is -2.44. The van der Waals surface area contributed by atoms with Crippen LogP contribution in [0, 0.1) is 26.7 Å². The van der Waals surface area contributed by atoms with Crippen LogP contribution >= 0.6 is 0 Å². The Bertz CT molecular complexity index is 596. The highest BCUT2D eigenvalue weighted by atomic mass is 28.3. The first-order valence-corrected chi connectivity index (χ1v) is 12.8. The van der Waals surface area contributed by atoms with Gasteiger partial charge in [0.05, 0.1) is 21.3 Å². The molecule has 0 aliphatic heterocycles. The Morgan fingerprint density at radius 3 is 1.85 bits per heavy atom. The Kier molecular flexibility index (Phi) is 8.54. The molecule has 0 amide bonds. The van der Waals surface area contributed by atoms with Gasteiger partial charge in [0.1, 0.15) is 0 Å². The molecule has 26 heavy (non-hydrogen) atoms. The fourth-order valence-corrected chi connectivity index (χ4v) is 7.56. The van der Waals surface area contributed by atoms with Gasteiger partial charge in [0.25, 0.3) is 0 Å². The zero-order valence-electron chi connectivity index (χ0n) is 17.4. The average molecular weight is 379 g/mol. The van der Waals surface area contributed by atoms with Crippen molar-refractivity contribution in [3.63, 3.8) is 0 Å². The van der Waals surface area contributed by atoms with Crippen LogP contribution in [0.2, 0.25) is 19.1 Å². The minimum Gasteiger partial charge on any atom is -0.465 e. The fraction of sp³-hybridized carbons (Fsp3) is 0.619. The molecule has 0 aromatic heterocycles. The molecule has 0 heterocycles. The summed E-state index contributed by atoms with van der Waals surface area (Å²) >= 11 is 0. The predicted molar refractivity (Wildman–Crippen MR) is 109 cm³/mol. The molecule has 1 rings (SSSR count). The van der Waals surface area contributed by atoms with E-state index in [1.165, 1.54) is 21.9 Å². The molecule has 0 saturated carbocycles. The van der Waals surface area contributed by atoms with Crippen LogP contribution in [0.25, 0.3) is 0 Å². The van der Waals surface area contributed by atoms with Crippen LogP contribution in [-0.4, -0.2) is 33.2 Å². The van der Waals surface area contributed by atoms with Crippen LogP contribution < -0.4 is 5.19 Å². The Balaban J connectivity index is 2.85. The molecule has 5 heteroatoms. The zero-order chi connectivity index (χ0) is 19.9. The molecular formula is C21H34O4Si. The van der Waals surface area contributed by atoms with Gasteiger partial charge in [0.2, 0.25) is 0 Å². The van der Waals surface area contributed by atoms with Crippen molar-refractivity contribution in [2.45, 2.75) is 66.6 Å². The van der Waals surface area contributed by atoms with Crippen molar-refractivity contribution in [2.24, 2.45) is 5.92 Å². The standard InChI is InChI=1S/C21H34O4Si/c1-8-24-20(22)18(21(23)25-9-2)11-10-12-26(6,7)19-16(4)13-15(3)14-17(19)5/h13-14,18H,8-12H2,1-7H3. The quantitative estimate of drug-likeness (QED) is 0.369. The lowest BCUT2D eigenvalue weighted by molar-refractivity contribution is -0.161. The molecule has 0 radical (unpaired) electrons. The van der Waals surface area contributed by atoms with E-state index in [4.69, 9.17) is 9.47 Å². The third-order valence-electron chi connectivity index (χ3n) is 4.79. The molecule has 0 spiro atoms. The van der Waals surface area contributed by atoms with Gasteiger partial charge >= 0.3 is 11.9 Å². The molecule has 146 valence electrons. The second-order valence-electron chi connectivity index (χ2n) is 7.61. The highest BCUT2D eigenvalue weighted by molar-refractivity contribution is 6.90. The van der Waals surface area contributed by atoms with Crippen molar-refractivity contribution in [1.29, 1.82) is 0 Å². The van der Waals surface area contributed by atoms with Crippen LogP contribution in [0.15, 0.2) is 12.1 Å². The number of carbonyl (C=O) groups is 2. The molecule has 0 aliphatic rings. The normalized spacial score (nSPS) is 11.5. The lowest BCUT2D eigenvalue weighted by atomic mass is 10.0. The number of ether oxygens (including phenoxy) is 2. The maximum atomic E-state index is 12.1. The first-order valence-electron chi connectivity index (χ1n) is 9.55. The number of benzene rings is 1. The monoisotopic (exact) mass is 378 g/mol. The van der Waals surface area contributed by atoms with E-state index in [9.17, 15) is 9.59 Å². The van der Waals surface area contributed by atoms with Gasteiger partial charge in [0.15, 0.2) is 5.92 Å². The number of carbonyl (C=O) groups excluding carboxylic acids is 2. The molecule has 0 unspecified atom stereocenters. The van der Waals surface area contributed by atoms with Crippen LogP contribution in [0.4, 0.5) is 0 Å². The molecule has 1 aromatic carbocycles. The smallest absolute Gasteiger partial charge is 0.320 e. The van der Waals surface area contributed by atoms with E-state index in [1.54, 1.807) is 13.8 Å². The summed E-state index contributed by atoms with van der Waals surface area (Å²) < 4.78 is 10.1. The van der Waals surface area contributed by atoms with E-state index in [0.29, 0.717) is 6.42 Å². The summed E-state index contributed by atoms with van der Waals surface area (Å²) in [4.78, 5) is 24.2. The number of hydrogen-bond donors (Lipinski definition) is 0. The van der Waals surface area contributed by atoms with Gasteiger partial charge in [-0.15, -0.1) is 0 Å². The highest BCUT2D eigenvalue weighted by Crippen LogP contribution is 2.22. The van der Waals surface area contributed by atoms with Crippen LogP contribution in [0.5, 0.6) is 0 Å². The largest absolute Gasteiger partial charge is 0.465 e. The molecule has 0 N–H and O–H groups in total. The van der Waals surface area contributed by atoms with Crippen molar-refractivity contribution < 1.29 is 19.1 Å². The summed E-state index contributed by atoms with van der Waals surface area (Å²) in [5.74, 6) is -1.74. The average Bonchev–Trinajstić information content (AvgIpc) is 2.50. The van der Waals surface area contributed by atoms with E-state index in [-0.39, 0.29) is 13.2 Å². The summed E-state index contributed by atoms with van der Waals surface area (Å²) in [6, 6.07) is 5.52. The topological polar surface area (TPSA) is 52.6 Å². The Morgan fingerprint density at radius 1 is 0.962 bits per heavy atom. The van der Waals surface area contributed by atoms with E-state index < -0.39 is 25.9 Å². The molecule has 4 nitrogen and oxygen atoms in total. The summed E-state index contributed by atoms with van der Waals surface area (Å²) in [7, 11) is -1.67. The van der Waals surface area contributed by atoms with Gasteiger partial charge in [-0.3, -0.25) is 9.59 Å². The van der Waals surface area contributed by atoms with E-state index >= 15 is 0 Å². The van der Waals surface area contributed by atoms with Crippen LogP contribution in [0.3, 0.4) is 0 Å². The van der Waals surface area contributed by atoms with Crippen molar-refractivity contribution in [2.75, 3.05) is 13.2 Å². The molecular weight excluding hydrogens is 344 g/mol. The fourth-order valence-electron chi connectivity index (χ4n) is 3.94. The Morgan fingerprint density at radius 2 is 1.42 bits per heavy atom. The number of rotatable bonds is 9. The number of aryl methyl sites for hydroxylation is 3. The SMILES string of the molecule is CCOC(=O)C(CCC[Si](C)(C)c1c(C)cc(C)cc1C)C(=O)OCC. The van der Waals surface area contributed by atoms with E-state index in [2.05, 4.69) is 46.0 Å². The highest BCUT2D eigenvalue weighted by Gasteiger charge is 2.32. The summed E-state index contributed by atoms with van der Waals surface area (Å²) in [6.07, 6.45) is 1.30. The zero-order valence-corrected chi connectivity index (χ0v) is 18.4. The first-order chi connectivity index (χ1) is 12.1. The number of esters is 2.